The molecule has 150 valence electrons. The second-order valence-electron chi connectivity index (χ2n) is 6.72. The molecule has 5 nitrogen and oxygen atoms in total. The first-order chi connectivity index (χ1) is 14.6. The van der Waals surface area contributed by atoms with Gasteiger partial charge in [0.05, 0.1) is 24.1 Å². The maximum Gasteiger partial charge on any atom is 0.283 e. The fraction of sp³-hybridized carbons (Fsp3) is 0.0833. The molecule has 0 radical (unpaired) electrons. The first kappa shape index (κ1) is 19.4. The van der Waals surface area contributed by atoms with E-state index in [1.54, 1.807) is 17.7 Å². The van der Waals surface area contributed by atoms with Gasteiger partial charge in [-0.15, -0.1) is 0 Å². The van der Waals surface area contributed by atoms with Crippen LogP contribution in [0, 0.1) is 5.82 Å². The van der Waals surface area contributed by atoms with Crippen LogP contribution in [-0.4, -0.2) is 22.6 Å². The number of aromatic amines is 1. The van der Waals surface area contributed by atoms with Crippen LogP contribution in [0.25, 0.3) is 22.5 Å². The lowest BCUT2D eigenvalue weighted by molar-refractivity contribution is 0.0993. The summed E-state index contributed by atoms with van der Waals surface area (Å²) in [6.45, 7) is 0. The molecular weight excluding hydrogens is 381 g/mol. The van der Waals surface area contributed by atoms with Gasteiger partial charge in [0, 0.05) is 18.2 Å². The number of hydrogen-bond acceptors (Lipinski definition) is 2. The van der Waals surface area contributed by atoms with E-state index < -0.39 is 11.7 Å². The number of hydrogen-bond donors (Lipinski definition) is 1. The summed E-state index contributed by atoms with van der Waals surface area (Å²) in [5.74, 6) is -0.497. The second-order valence-corrected chi connectivity index (χ2v) is 6.72. The molecule has 0 atom stereocenters. The molecule has 0 aliphatic heterocycles. The summed E-state index contributed by atoms with van der Waals surface area (Å²) in [6.07, 6.45) is 0. The van der Waals surface area contributed by atoms with E-state index in [0.717, 1.165) is 28.3 Å². The lowest BCUT2D eigenvalue weighted by Crippen LogP contribution is -2.19. The Bertz CT molecular complexity index is 1260. The third kappa shape index (κ3) is 3.67. The molecule has 1 N–H and O–H groups in total. The maximum absolute atomic E-state index is 14.0. The highest BCUT2D eigenvalue weighted by Crippen LogP contribution is 2.30. The average molecular weight is 401 g/mol. The van der Waals surface area contributed by atoms with E-state index in [0.29, 0.717) is 5.62 Å². The average Bonchev–Trinajstić information content (AvgIpc) is 3.10. The lowest BCUT2D eigenvalue weighted by Gasteiger charge is -2.08. The fourth-order valence-corrected chi connectivity index (χ4v) is 3.32. The number of nitrogens with one attached hydrogen (secondary N) is 1. The van der Waals surface area contributed by atoms with Crippen molar-refractivity contribution in [1.29, 1.82) is 0 Å². The molecular formula is C24H20FN3O2. The Hall–Kier alpha value is -3.93. The molecule has 3 aromatic carbocycles. The molecule has 0 aliphatic rings. The highest BCUT2D eigenvalue weighted by molar-refractivity contribution is 5.95. The number of carbonyl (C=O) groups is 1. The summed E-state index contributed by atoms with van der Waals surface area (Å²) in [5.41, 5.74) is 3.78. The summed E-state index contributed by atoms with van der Waals surface area (Å²) < 4.78 is 21.1. The van der Waals surface area contributed by atoms with Crippen molar-refractivity contribution in [2.24, 2.45) is 12.0 Å². The number of nitrogens with zero attached hydrogens (tertiary/aromatic N) is 2. The highest BCUT2D eigenvalue weighted by atomic mass is 19.1. The Morgan fingerprint density at radius 3 is 2.27 bits per heavy atom. The zero-order valence-corrected chi connectivity index (χ0v) is 16.6. The number of halogens is 1. The van der Waals surface area contributed by atoms with Crippen LogP contribution < -0.4 is 10.4 Å². The zero-order chi connectivity index (χ0) is 21.1. The van der Waals surface area contributed by atoms with Gasteiger partial charge in [-0.1, -0.05) is 42.5 Å². The number of rotatable bonds is 4. The van der Waals surface area contributed by atoms with Crippen LogP contribution in [0.5, 0.6) is 5.75 Å². The van der Waals surface area contributed by atoms with E-state index in [1.165, 1.54) is 18.2 Å². The van der Waals surface area contributed by atoms with Gasteiger partial charge in [0.15, 0.2) is 0 Å². The number of H-pyrrole nitrogens is 1. The third-order valence-corrected chi connectivity index (χ3v) is 4.86. The van der Waals surface area contributed by atoms with Gasteiger partial charge < -0.3 is 14.3 Å². The Morgan fingerprint density at radius 1 is 0.933 bits per heavy atom. The van der Waals surface area contributed by atoms with Gasteiger partial charge in [-0.3, -0.25) is 4.79 Å². The van der Waals surface area contributed by atoms with Gasteiger partial charge in [-0.25, -0.2) is 4.39 Å². The number of imidazole rings is 1. The molecule has 0 fully saturated rings. The van der Waals surface area contributed by atoms with E-state index in [1.807, 2.05) is 61.6 Å². The number of benzene rings is 3. The molecule has 0 spiro atoms. The van der Waals surface area contributed by atoms with Crippen LogP contribution in [0.15, 0.2) is 83.9 Å². The van der Waals surface area contributed by atoms with Crippen molar-refractivity contribution in [1.82, 2.24) is 9.55 Å². The Balaban J connectivity index is 1.90. The molecule has 0 bridgehead atoms. The van der Waals surface area contributed by atoms with Crippen LogP contribution in [0.3, 0.4) is 0 Å². The molecule has 30 heavy (non-hydrogen) atoms. The molecule has 0 saturated heterocycles. The van der Waals surface area contributed by atoms with Crippen LogP contribution in [0.4, 0.5) is 4.39 Å². The summed E-state index contributed by atoms with van der Waals surface area (Å²) in [4.78, 5) is 20.0. The Kier molecular flexibility index (Phi) is 5.30. The SMILES string of the molecule is COc1ccc(-c2c(-c3ccccc3)[nH]/c(=N\C(=O)c3ccccc3F)n2C)cc1. The smallest absolute Gasteiger partial charge is 0.283 e. The topological polar surface area (TPSA) is 59.4 Å². The first-order valence-electron chi connectivity index (χ1n) is 9.41. The first-order valence-corrected chi connectivity index (χ1v) is 9.41. The van der Waals surface area contributed by atoms with Gasteiger partial charge in [0.25, 0.3) is 5.91 Å². The van der Waals surface area contributed by atoms with Crippen LogP contribution in [0.1, 0.15) is 10.4 Å². The van der Waals surface area contributed by atoms with E-state index in [4.69, 9.17) is 4.74 Å². The number of carbonyl (C=O) groups excluding carboxylic acids is 1. The minimum Gasteiger partial charge on any atom is -0.497 e. The minimum atomic E-state index is -0.647. The third-order valence-electron chi connectivity index (χ3n) is 4.86. The summed E-state index contributed by atoms with van der Waals surface area (Å²) in [6, 6.07) is 23.2. The van der Waals surface area contributed by atoms with Gasteiger partial charge in [-0.05, 0) is 36.4 Å². The predicted octanol–water partition coefficient (Wildman–Crippen LogP) is 4.58. The van der Waals surface area contributed by atoms with Crippen LogP contribution in [-0.2, 0) is 7.05 Å². The van der Waals surface area contributed by atoms with Crippen molar-refractivity contribution in [3.8, 4) is 28.3 Å². The van der Waals surface area contributed by atoms with E-state index in [2.05, 4.69) is 9.98 Å². The summed E-state index contributed by atoms with van der Waals surface area (Å²) in [7, 11) is 3.43. The molecule has 1 amide bonds. The molecule has 4 rings (SSSR count). The molecule has 4 aromatic rings. The molecule has 1 heterocycles. The summed E-state index contributed by atoms with van der Waals surface area (Å²) in [5, 5.41) is 0. The maximum atomic E-state index is 14.0. The van der Waals surface area contributed by atoms with E-state index in [9.17, 15) is 9.18 Å². The van der Waals surface area contributed by atoms with Crippen molar-refractivity contribution < 1.29 is 13.9 Å². The standard InChI is InChI=1S/C24H20FN3O2/c1-28-22(17-12-14-18(30-2)15-13-17)21(16-8-4-3-5-9-16)26-24(28)27-23(29)19-10-6-7-11-20(19)25/h3-15H,1-2H3,(H,26,27,29). The Morgan fingerprint density at radius 2 is 1.60 bits per heavy atom. The number of aromatic nitrogens is 2. The van der Waals surface area contributed by atoms with Gasteiger partial charge >= 0.3 is 0 Å². The van der Waals surface area contributed by atoms with Gasteiger partial charge in [0.1, 0.15) is 11.6 Å². The molecule has 0 saturated carbocycles. The van der Waals surface area contributed by atoms with Crippen LogP contribution >= 0.6 is 0 Å². The fourth-order valence-electron chi connectivity index (χ4n) is 3.32. The second kappa shape index (κ2) is 8.21. The van der Waals surface area contributed by atoms with Gasteiger partial charge in [-0.2, -0.15) is 4.99 Å². The van der Waals surface area contributed by atoms with E-state index >= 15 is 0 Å². The van der Waals surface area contributed by atoms with Gasteiger partial charge in [0.2, 0.25) is 5.62 Å². The number of methoxy groups -OCH3 is 1. The molecule has 0 unspecified atom stereocenters. The van der Waals surface area contributed by atoms with Crippen molar-refractivity contribution >= 4 is 5.91 Å². The summed E-state index contributed by atoms with van der Waals surface area (Å²) >= 11 is 0. The van der Waals surface area contributed by atoms with Crippen molar-refractivity contribution in [2.75, 3.05) is 7.11 Å². The van der Waals surface area contributed by atoms with Crippen molar-refractivity contribution in [3.05, 3.63) is 95.9 Å². The van der Waals surface area contributed by atoms with Crippen molar-refractivity contribution in [2.45, 2.75) is 0 Å². The molecule has 0 aliphatic carbocycles. The zero-order valence-electron chi connectivity index (χ0n) is 16.6. The predicted molar refractivity (Wildman–Crippen MR) is 113 cm³/mol. The highest BCUT2D eigenvalue weighted by Gasteiger charge is 2.16. The van der Waals surface area contributed by atoms with Crippen molar-refractivity contribution in [3.63, 3.8) is 0 Å². The van der Waals surface area contributed by atoms with Crippen LogP contribution in [0.2, 0.25) is 0 Å². The quantitative estimate of drug-likeness (QED) is 0.544. The number of ether oxygens (including phenoxy) is 1. The van der Waals surface area contributed by atoms with E-state index in [-0.39, 0.29) is 5.56 Å². The normalized spacial score (nSPS) is 11.5. The minimum absolute atomic E-state index is 0.0700. The molecule has 1 aromatic heterocycles. The molecule has 6 heteroatoms. The number of amides is 1. The monoisotopic (exact) mass is 401 g/mol. The largest absolute Gasteiger partial charge is 0.497 e. The Labute approximate surface area is 173 Å². The lowest BCUT2D eigenvalue weighted by atomic mass is 10.0.